The number of anilines is 1. The van der Waals surface area contributed by atoms with E-state index in [1.165, 1.54) is 11.3 Å². The van der Waals surface area contributed by atoms with Gasteiger partial charge in [-0.05, 0) is 40.6 Å². The Balaban J connectivity index is 1.72. The summed E-state index contributed by atoms with van der Waals surface area (Å²) in [4.78, 5) is 16.4. The molecule has 1 N–H and O–H groups in total. The summed E-state index contributed by atoms with van der Waals surface area (Å²) in [7, 11) is 0. The van der Waals surface area contributed by atoms with E-state index >= 15 is 0 Å². The minimum Gasteiger partial charge on any atom is -0.302 e. The molecule has 0 spiro atoms. The summed E-state index contributed by atoms with van der Waals surface area (Å²) in [6.07, 6.45) is 0.347. The van der Waals surface area contributed by atoms with E-state index in [0.29, 0.717) is 21.6 Å². The molecule has 22 heavy (non-hydrogen) atoms. The molecule has 0 aliphatic heterocycles. The number of benzene rings is 1. The highest BCUT2D eigenvalue weighted by Gasteiger charge is 2.11. The van der Waals surface area contributed by atoms with Crippen LogP contribution in [0.15, 0.2) is 40.4 Å². The molecule has 112 valence electrons. The summed E-state index contributed by atoms with van der Waals surface area (Å²) in [5.41, 5.74) is 2.51. The Hall–Kier alpha value is -1.40. The zero-order valence-corrected chi connectivity index (χ0v) is 14.3. The van der Waals surface area contributed by atoms with Gasteiger partial charge in [-0.15, -0.1) is 11.3 Å². The zero-order valence-electron chi connectivity index (χ0n) is 11.2. The van der Waals surface area contributed by atoms with Crippen molar-refractivity contribution in [3.63, 3.8) is 0 Å². The van der Waals surface area contributed by atoms with Gasteiger partial charge in [-0.3, -0.25) is 4.79 Å². The van der Waals surface area contributed by atoms with Gasteiger partial charge in [0.25, 0.3) is 0 Å². The summed E-state index contributed by atoms with van der Waals surface area (Å²) in [6, 6.07) is 7.19. The molecule has 3 aromatic rings. The van der Waals surface area contributed by atoms with Crippen LogP contribution in [-0.2, 0) is 11.2 Å². The van der Waals surface area contributed by atoms with Gasteiger partial charge in [-0.2, -0.15) is 11.3 Å². The highest BCUT2D eigenvalue weighted by molar-refractivity contribution is 7.14. The number of hydrogen-bond acceptors (Lipinski definition) is 4. The Morgan fingerprint density at radius 3 is 2.82 bits per heavy atom. The van der Waals surface area contributed by atoms with Gasteiger partial charge in [-0.25, -0.2) is 4.98 Å². The molecule has 7 heteroatoms. The molecule has 3 nitrogen and oxygen atoms in total. The first kappa shape index (κ1) is 15.5. The predicted molar refractivity (Wildman–Crippen MR) is 94.2 cm³/mol. The van der Waals surface area contributed by atoms with Crippen LogP contribution in [0.5, 0.6) is 0 Å². The smallest absolute Gasteiger partial charge is 0.230 e. The minimum atomic E-state index is -0.0819. The van der Waals surface area contributed by atoms with Crippen molar-refractivity contribution in [3.8, 4) is 11.3 Å². The van der Waals surface area contributed by atoms with Crippen molar-refractivity contribution in [1.82, 2.24) is 4.98 Å². The van der Waals surface area contributed by atoms with E-state index in [0.717, 1.165) is 16.8 Å². The number of carbonyl (C=O) groups excluding carboxylic acids is 1. The number of rotatable bonds is 4. The highest BCUT2D eigenvalue weighted by atomic mass is 35.5. The molecule has 2 heterocycles. The number of halogens is 2. The first-order valence-corrected chi connectivity index (χ1v) is 8.91. The highest BCUT2D eigenvalue weighted by Crippen LogP contribution is 2.32. The molecule has 0 aliphatic rings. The number of nitrogens with zero attached hydrogens (tertiary/aromatic N) is 1. The van der Waals surface area contributed by atoms with E-state index in [2.05, 4.69) is 10.3 Å². The van der Waals surface area contributed by atoms with Gasteiger partial charge in [0.15, 0.2) is 5.13 Å². The van der Waals surface area contributed by atoms with Crippen molar-refractivity contribution in [2.75, 3.05) is 5.32 Å². The molecule has 1 amide bonds. The first-order valence-electron chi connectivity index (χ1n) is 6.34. The van der Waals surface area contributed by atoms with Crippen molar-refractivity contribution in [2.45, 2.75) is 6.42 Å². The monoisotopic (exact) mass is 368 g/mol. The predicted octanol–water partition coefficient (Wildman–Crippen LogP) is 5.36. The lowest BCUT2D eigenvalue weighted by atomic mass is 10.2. The van der Waals surface area contributed by atoms with Crippen LogP contribution in [0, 0.1) is 0 Å². The second-order valence-electron chi connectivity index (χ2n) is 4.52. The number of hydrogen-bond donors (Lipinski definition) is 1. The third kappa shape index (κ3) is 3.67. The molecule has 0 unspecified atom stereocenters. The van der Waals surface area contributed by atoms with Crippen LogP contribution in [0.1, 0.15) is 5.56 Å². The van der Waals surface area contributed by atoms with Gasteiger partial charge in [0.05, 0.1) is 17.1 Å². The van der Waals surface area contributed by atoms with E-state index in [1.807, 2.05) is 28.3 Å². The molecule has 0 radical (unpaired) electrons. The summed E-state index contributed by atoms with van der Waals surface area (Å²) in [5, 5.41) is 10.2. The van der Waals surface area contributed by atoms with E-state index in [1.54, 1.807) is 23.5 Å². The SMILES string of the molecule is O=C(Cc1ccsc1)Nc1nc(-c2ccc(Cl)cc2Cl)cs1. The van der Waals surface area contributed by atoms with Crippen LogP contribution in [0.25, 0.3) is 11.3 Å². The number of carbonyl (C=O) groups is 1. The van der Waals surface area contributed by atoms with E-state index in [-0.39, 0.29) is 5.91 Å². The molecule has 0 fully saturated rings. The van der Waals surface area contributed by atoms with Gasteiger partial charge in [-0.1, -0.05) is 23.2 Å². The molecule has 2 aromatic heterocycles. The Kier molecular flexibility index (Phi) is 4.78. The molecular weight excluding hydrogens is 359 g/mol. The molecular formula is C15H10Cl2N2OS2. The lowest BCUT2D eigenvalue weighted by Gasteiger charge is -2.01. The lowest BCUT2D eigenvalue weighted by molar-refractivity contribution is -0.115. The van der Waals surface area contributed by atoms with Crippen LogP contribution in [0.4, 0.5) is 5.13 Å². The quantitative estimate of drug-likeness (QED) is 0.673. The summed E-state index contributed by atoms with van der Waals surface area (Å²) >= 11 is 15.0. The summed E-state index contributed by atoms with van der Waals surface area (Å²) < 4.78 is 0. The number of thiazole rings is 1. The second-order valence-corrected chi connectivity index (χ2v) is 7.00. The van der Waals surface area contributed by atoms with Crippen molar-refractivity contribution >= 4 is 56.9 Å². The molecule has 3 rings (SSSR count). The standard InChI is InChI=1S/C15H10Cl2N2OS2/c16-10-1-2-11(12(17)6-10)13-8-22-15(18-13)19-14(20)5-9-3-4-21-7-9/h1-4,6-8H,5H2,(H,18,19,20). The Morgan fingerprint density at radius 1 is 1.23 bits per heavy atom. The third-order valence-corrected chi connectivity index (χ3v) is 4.94. The first-order chi connectivity index (χ1) is 10.6. The Bertz CT molecular complexity index is 800. The summed E-state index contributed by atoms with van der Waals surface area (Å²) in [5.74, 6) is -0.0819. The zero-order chi connectivity index (χ0) is 15.5. The molecule has 0 aliphatic carbocycles. The Morgan fingerprint density at radius 2 is 2.09 bits per heavy atom. The van der Waals surface area contributed by atoms with E-state index in [4.69, 9.17) is 23.2 Å². The van der Waals surface area contributed by atoms with E-state index < -0.39 is 0 Å². The molecule has 0 saturated heterocycles. The van der Waals surface area contributed by atoms with Gasteiger partial charge in [0.2, 0.25) is 5.91 Å². The molecule has 0 bridgehead atoms. The van der Waals surface area contributed by atoms with Crippen LogP contribution in [-0.4, -0.2) is 10.9 Å². The third-order valence-electron chi connectivity index (χ3n) is 2.90. The minimum absolute atomic E-state index is 0.0819. The lowest BCUT2D eigenvalue weighted by Crippen LogP contribution is -2.13. The van der Waals surface area contributed by atoms with Gasteiger partial charge < -0.3 is 5.32 Å². The van der Waals surface area contributed by atoms with Crippen LogP contribution in [0.2, 0.25) is 10.0 Å². The van der Waals surface area contributed by atoms with Crippen molar-refractivity contribution in [3.05, 3.63) is 56.0 Å². The Labute approximate surface area is 145 Å². The maximum atomic E-state index is 12.0. The number of nitrogens with one attached hydrogen (secondary N) is 1. The van der Waals surface area contributed by atoms with Crippen LogP contribution >= 0.6 is 45.9 Å². The van der Waals surface area contributed by atoms with Crippen molar-refractivity contribution < 1.29 is 4.79 Å². The van der Waals surface area contributed by atoms with E-state index in [9.17, 15) is 4.79 Å². The molecule has 0 saturated carbocycles. The normalized spacial score (nSPS) is 10.6. The maximum absolute atomic E-state index is 12.0. The topological polar surface area (TPSA) is 42.0 Å². The van der Waals surface area contributed by atoms with Crippen LogP contribution < -0.4 is 5.32 Å². The van der Waals surface area contributed by atoms with Gasteiger partial charge >= 0.3 is 0 Å². The molecule has 1 aromatic carbocycles. The number of amides is 1. The van der Waals surface area contributed by atoms with Crippen LogP contribution in [0.3, 0.4) is 0 Å². The number of aromatic nitrogens is 1. The second kappa shape index (κ2) is 6.79. The average Bonchev–Trinajstić information content (AvgIpc) is 3.10. The van der Waals surface area contributed by atoms with Crippen molar-refractivity contribution in [2.24, 2.45) is 0 Å². The fourth-order valence-electron chi connectivity index (χ4n) is 1.89. The van der Waals surface area contributed by atoms with Gasteiger partial charge in [0, 0.05) is 16.0 Å². The average molecular weight is 369 g/mol. The van der Waals surface area contributed by atoms with Gasteiger partial charge in [0.1, 0.15) is 0 Å². The van der Waals surface area contributed by atoms with Crippen molar-refractivity contribution in [1.29, 1.82) is 0 Å². The molecule has 0 atom stereocenters. The summed E-state index contributed by atoms with van der Waals surface area (Å²) in [6.45, 7) is 0. The fraction of sp³-hybridized carbons (Fsp3) is 0.0667. The largest absolute Gasteiger partial charge is 0.302 e. The maximum Gasteiger partial charge on any atom is 0.230 e. The fourth-order valence-corrected chi connectivity index (χ4v) is 3.79. The number of thiophene rings is 1.